The highest BCUT2D eigenvalue weighted by Crippen LogP contribution is 2.25. The number of nitrogens with one attached hydrogen (secondary N) is 1. The van der Waals surface area contributed by atoms with E-state index < -0.39 is 11.4 Å². The van der Waals surface area contributed by atoms with Crippen LogP contribution in [0.3, 0.4) is 0 Å². The summed E-state index contributed by atoms with van der Waals surface area (Å²) in [5.41, 5.74) is -0.613. The monoisotopic (exact) mass is 238 g/mol. The number of aliphatic carboxylic acids is 1. The molecule has 0 aliphatic carbocycles. The molecule has 17 heavy (non-hydrogen) atoms. The molecule has 7 nitrogen and oxygen atoms in total. The fourth-order valence-electron chi connectivity index (χ4n) is 1.38. The van der Waals surface area contributed by atoms with Crippen LogP contribution in [-0.2, 0) is 9.59 Å². The molecule has 0 aliphatic heterocycles. The maximum absolute atomic E-state index is 11.6. The van der Waals surface area contributed by atoms with E-state index in [0.29, 0.717) is 0 Å². The summed E-state index contributed by atoms with van der Waals surface area (Å²) in [7, 11) is 0. The van der Waals surface area contributed by atoms with Crippen molar-refractivity contribution >= 4 is 17.8 Å². The number of hydrogen-bond donors (Lipinski definition) is 2. The highest BCUT2D eigenvalue weighted by atomic mass is 16.4. The number of carbonyl (C=O) groups excluding carboxylic acids is 1. The normalized spacial score (nSPS) is 10.9. The van der Waals surface area contributed by atoms with Crippen LogP contribution in [0.1, 0.15) is 26.7 Å². The Kier molecular flexibility index (Phi) is 4.08. The van der Waals surface area contributed by atoms with Crippen molar-refractivity contribution in [1.29, 1.82) is 0 Å². The number of carboxylic acid groups (broad SMARTS) is 1. The van der Waals surface area contributed by atoms with Crippen LogP contribution in [0.25, 0.3) is 0 Å². The molecule has 0 bridgehead atoms. The average Bonchev–Trinajstić information content (AvgIpc) is 2.15. The lowest BCUT2D eigenvalue weighted by atomic mass is 9.85. The van der Waals surface area contributed by atoms with Gasteiger partial charge in [-0.3, -0.25) is 14.9 Å². The van der Waals surface area contributed by atoms with Crippen molar-refractivity contribution in [2.75, 3.05) is 5.32 Å². The van der Waals surface area contributed by atoms with Crippen molar-refractivity contribution in [3.63, 3.8) is 0 Å². The van der Waals surface area contributed by atoms with Crippen molar-refractivity contribution in [1.82, 2.24) is 15.2 Å². The minimum Gasteiger partial charge on any atom is -0.481 e. The highest BCUT2D eigenvalue weighted by Gasteiger charge is 2.25. The molecule has 0 saturated heterocycles. The average molecular weight is 238 g/mol. The Morgan fingerprint density at radius 3 is 2.59 bits per heavy atom. The van der Waals surface area contributed by atoms with Gasteiger partial charge >= 0.3 is 5.97 Å². The molecule has 0 unspecified atom stereocenters. The zero-order valence-electron chi connectivity index (χ0n) is 9.67. The number of nitrogens with zero attached hydrogens (tertiary/aromatic N) is 3. The Balaban J connectivity index is 2.52. The van der Waals surface area contributed by atoms with Gasteiger partial charge in [0.2, 0.25) is 11.9 Å². The van der Waals surface area contributed by atoms with Crippen LogP contribution in [0, 0.1) is 5.41 Å². The van der Waals surface area contributed by atoms with E-state index in [2.05, 4.69) is 20.5 Å². The number of rotatable bonds is 5. The summed E-state index contributed by atoms with van der Waals surface area (Å²) in [4.78, 5) is 26.0. The van der Waals surface area contributed by atoms with Crippen LogP contribution < -0.4 is 5.32 Å². The summed E-state index contributed by atoms with van der Waals surface area (Å²) in [6, 6.07) is 0. The third kappa shape index (κ3) is 5.01. The van der Waals surface area contributed by atoms with Crippen LogP contribution >= 0.6 is 0 Å². The molecule has 0 atom stereocenters. The van der Waals surface area contributed by atoms with E-state index in [1.54, 1.807) is 13.8 Å². The van der Waals surface area contributed by atoms with Crippen molar-refractivity contribution in [3.8, 4) is 0 Å². The molecule has 7 heteroatoms. The fraction of sp³-hybridized carbons (Fsp3) is 0.500. The van der Waals surface area contributed by atoms with E-state index in [4.69, 9.17) is 5.11 Å². The topological polar surface area (TPSA) is 105 Å². The van der Waals surface area contributed by atoms with E-state index in [9.17, 15) is 9.59 Å². The van der Waals surface area contributed by atoms with Gasteiger partial charge in [-0.15, -0.1) is 5.10 Å². The van der Waals surface area contributed by atoms with Crippen LogP contribution in [-0.4, -0.2) is 32.2 Å². The molecule has 1 heterocycles. The first-order valence-electron chi connectivity index (χ1n) is 5.04. The molecular formula is C10H14N4O3. The smallest absolute Gasteiger partial charge is 0.303 e. The Bertz CT molecular complexity index is 405. The summed E-state index contributed by atoms with van der Waals surface area (Å²) in [5, 5.41) is 18.3. The van der Waals surface area contributed by atoms with Gasteiger partial charge < -0.3 is 5.11 Å². The largest absolute Gasteiger partial charge is 0.481 e. The number of anilines is 1. The summed E-state index contributed by atoms with van der Waals surface area (Å²) in [5.74, 6) is -1.15. The van der Waals surface area contributed by atoms with Gasteiger partial charge in [0.05, 0.1) is 18.8 Å². The van der Waals surface area contributed by atoms with Crippen molar-refractivity contribution < 1.29 is 14.7 Å². The molecule has 0 radical (unpaired) electrons. The van der Waals surface area contributed by atoms with Crippen molar-refractivity contribution in [2.24, 2.45) is 5.41 Å². The van der Waals surface area contributed by atoms with E-state index in [1.807, 2.05) is 0 Å². The van der Waals surface area contributed by atoms with Gasteiger partial charge in [0, 0.05) is 6.42 Å². The van der Waals surface area contributed by atoms with Crippen molar-refractivity contribution in [2.45, 2.75) is 26.7 Å². The fourth-order valence-corrected chi connectivity index (χ4v) is 1.38. The molecule has 1 aromatic heterocycles. The maximum atomic E-state index is 11.6. The Morgan fingerprint density at radius 1 is 1.35 bits per heavy atom. The second kappa shape index (κ2) is 5.33. The SMILES string of the molecule is CC(C)(CC(=O)O)CC(=O)Nc1nccnn1. The minimum absolute atomic E-state index is 0.0751. The van der Waals surface area contributed by atoms with Gasteiger partial charge in [0.1, 0.15) is 0 Å². The molecule has 92 valence electrons. The van der Waals surface area contributed by atoms with Crippen LogP contribution in [0.5, 0.6) is 0 Å². The molecule has 0 saturated carbocycles. The second-order valence-corrected chi connectivity index (χ2v) is 4.43. The first kappa shape index (κ1) is 13.0. The number of hydrogen-bond acceptors (Lipinski definition) is 5. The molecule has 1 amide bonds. The first-order chi connectivity index (χ1) is 7.89. The van der Waals surface area contributed by atoms with E-state index in [0.717, 1.165) is 0 Å². The van der Waals surface area contributed by atoms with Gasteiger partial charge in [-0.05, 0) is 5.41 Å². The third-order valence-electron chi connectivity index (χ3n) is 2.00. The van der Waals surface area contributed by atoms with Crippen LogP contribution in [0.4, 0.5) is 5.95 Å². The van der Waals surface area contributed by atoms with E-state index in [1.165, 1.54) is 12.4 Å². The van der Waals surface area contributed by atoms with Gasteiger partial charge in [-0.1, -0.05) is 13.8 Å². The zero-order chi connectivity index (χ0) is 12.9. The number of carbonyl (C=O) groups is 2. The molecule has 1 aromatic rings. The number of amides is 1. The molecule has 0 spiro atoms. The van der Waals surface area contributed by atoms with Gasteiger partial charge in [0.15, 0.2) is 0 Å². The lowest BCUT2D eigenvalue weighted by molar-refractivity contribution is -0.139. The van der Waals surface area contributed by atoms with Crippen LogP contribution in [0.15, 0.2) is 12.4 Å². The molecule has 0 aromatic carbocycles. The van der Waals surface area contributed by atoms with Crippen molar-refractivity contribution in [3.05, 3.63) is 12.4 Å². The minimum atomic E-state index is -0.930. The summed E-state index contributed by atoms with van der Waals surface area (Å²) >= 11 is 0. The first-order valence-corrected chi connectivity index (χ1v) is 5.04. The lowest BCUT2D eigenvalue weighted by Crippen LogP contribution is -2.25. The van der Waals surface area contributed by atoms with E-state index in [-0.39, 0.29) is 24.7 Å². The van der Waals surface area contributed by atoms with Gasteiger partial charge in [0.25, 0.3) is 0 Å². The Labute approximate surface area is 98.3 Å². The molecule has 0 aliphatic rings. The standard InChI is InChI=1S/C10H14N4O3/c1-10(2,6-8(16)17)5-7(15)13-9-11-3-4-12-14-9/h3-4H,5-6H2,1-2H3,(H,16,17)(H,11,13,14,15). The predicted molar refractivity (Wildman–Crippen MR) is 59.1 cm³/mol. The molecular weight excluding hydrogens is 224 g/mol. The molecule has 2 N–H and O–H groups in total. The second-order valence-electron chi connectivity index (χ2n) is 4.43. The summed E-state index contributed by atoms with van der Waals surface area (Å²) in [6.45, 7) is 3.43. The third-order valence-corrected chi connectivity index (χ3v) is 2.00. The number of aromatic nitrogens is 3. The number of carboxylic acids is 1. The van der Waals surface area contributed by atoms with Gasteiger partial charge in [-0.2, -0.15) is 5.10 Å². The summed E-state index contributed by atoms with van der Waals surface area (Å²) < 4.78 is 0. The predicted octanol–water partition coefficient (Wildman–Crippen LogP) is 0.701. The Morgan fingerprint density at radius 2 is 2.06 bits per heavy atom. The maximum Gasteiger partial charge on any atom is 0.303 e. The molecule has 0 fully saturated rings. The Hall–Kier alpha value is -2.05. The zero-order valence-corrected chi connectivity index (χ0v) is 9.67. The lowest BCUT2D eigenvalue weighted by Gasteiger charge is -2.20. The van der Waals surface area contributed by atoms with Gasteiger partial charge in [-0.25, -0.2) is 4.98 Å². The summed E-state index contributed by atoms with van der Waals surface area (Å²) in [6.07, 6.45) is 2.81. The highest BCUT2D eigenvalue weighted by molar-refractivity contribution is 5.89. The quantitative estimate of drug-likeness (QED) is 0.782. The molecule has 1 rings (SSSR count). The van der Waals surface area contributed by atoms with Crippen LogP contribution in [0.2, 0.25) is 0 Å². The van der Waals surface area contributed by atoms with E-state index >= 15 is 0 Å².